The zero-order valence-corrected chi connectivity index (χ0v) is 22.9. The monoisotopic (exact) mass is 688 g/mol. The maximum absolute atomic E-state index is 14.8. The molecule has 0 spiro atoms. The minimum atomic E-state index is -4.85. The van der Waals surface area contributed by atoms with Gasteiger partial charge in [0.2, 0.25) is 23.3 Å². The van der Waals surface area contributed by atoms with Crippen LogP contribution in [0, 0.1) is 81.4 Å². The number of hydrogen-bond donors (Lipinski definition) is 0. The van der Waals surface area contributed by atoms with E-state index in [0.29, 0.717) is 0 Å². The van der Waals surface area contributed by atoms with E-state index in [1.165, 1.54) is 13.8 Å². The van der Waals surface area contributed by atoms with Gasteiger partial charge in [-0.2, -0.15) is 8.78 Å². The van der Waals surface area contributed by atoms with Crippen LogP contribution in [0.5, 0.6) is 5.75 Å². The molecule has 0 saturated heterocycles. The minimum absolute atomic E-state index is 0. The first-order valence-electron chi connectivity index (χ1n) is 11.9. The molecule has 0 saturated carbocycles. The first-order chi connectivity index (χ1) is 20.5. The molecule has 0 aliphatic heterocycles. The van der Waals surface area contributed by atoms with Gasteiger partial charge in [0.15, 0.2) is 70.2 Å². The number of halogens is 14. The molecular weight excluding hydrogens is 669 g/mol. The van der Waals surface area contributed by atoms with Gasteiger partial charge in [0.1, 0.15) is 0 Å². The Bertz CT molecular complexity index is 1420. The van der Waals surface area contributed by atoms with Crippen LogP contribution in [0.25, 0.3) is 0 Å². The van der Waals surface area contributed by atoms with E-state index in [4.69, 9.17) is 18.0 Å². The van der Waals surface area contributed by atoms with E-state index in [9.17, 15) is 61.5 Å². The van der Waals surface area contributed by atoms with Crippen LogP contribution >= 0.6 is 0 Å². The van der Waals surface area contributed by atoms with Crippen molar-refractivity contribution in [1.29, 1.82) is 0 Å². The number of rotatable bonds is 12. The lowest BCUT2D eigenvalue weighted by molar-refractivity contribution is 0.0459. The molecule has 0 N–H and O–H groups in total. The molecule has 3 rings (SSSR count). The summed E-state index contributed by atoms with van der Waals surface area (Å²) in [5.41, 5.74) is -4.24. The van der Waals surface area contributed by atoms with E-state index in [-0.39, 0.29) is 14.5 Å². The van der Waals surface area contributed by atoms with Crippen LogP contribution in [0.1, 0.15) is 30.9 Å². The normalized spacial score (nSPS) is 11.8. The summed E-state index contributed by atoms with van der Waals surface area (Å²) in [6.07, 6.45) is -1.34. The van der Waals surface area contributed by atoms with Crippen LogP contribution in [0.15, 0.2) is 6.07 Å². The van der Waals surface area contributed by atoms with E-state index >= 15 is 0 Å². The van der Waals surface area contributed by atoms with E-state index in [1.807, 2.05) is 0 Å². The summed E-state index contributed by atoms with van der Waals surface area (Å²) in [4.78, 5) is 0. The summed E-state index contributed by atoms with van der Waals surface area (Å²) in [5, 5.41) is 0. The number of benzene rings is 3. The molecule has 20 heteroatoms. The van der Waals surface area contributed by atoms with Crippen molar-refractivity contribution in [3.05, 3.63) is 98.6 Å². The standard InChI is InChI=1S/C25H16F14O4Si.BH3/c1-3-41-44(42-4-2,7-40-25-13(28)9(26)5-10(27)14(25)29)43-6-8(11-15(30)19(34)23(38)20(35)16(11)31)12-17(32)21(36)24(39)22(37)18(12)33;/h5,8H,3-4,6-7H2,1-2H3;1H3. The summed E-state index contributed by atoms with van der Waals surface area (Å²) in [6.45, 7) is -0.270. The van der Waals surface area contributed by atoms with Gasteiger partial charge in [0.25, 0.3) is 0 Å². The predicted octanol–water partition coefficient (Wildman–Crippen LogP) is 6.23. The third kappa shape index (κ3) is 7.07. The lowest BCUT2D eigenvalue weighted by atomic mass is 9.89. The third-order valence-corrected chi connectivity index (χ3v) is 8.41. The highest BCUT2D eigenvalue weighted by molar-refractivity contribution is 6.60. The maximum atomic E-state index is 14.8. The van der Waals surface area contributed by atoms with Gasteiger partial charge in [-0.25, -0.2) is 52.7 Å². The van der Waals surface area contributed by atoms with Crippen molar-refractivity contribution < 1.29 is 79.5 Å². The summed E-state index contributed by atoms with van der Waals surface area (Å²) < 4.78 is 219. The lowest BCUT2D eigenvalue weighted by Gasteiger charge is -2.31. The molecule has 3 aromatic carbocycles. The predicted molar refractivity (Wildman–Crippen MR) is 131 cm³/mol. The van der Waals surface area contributed by atoms with Gasteiger partial charge in [-0.3, -0.25) is 0 Å². The molecule has 45 heavy (non-hydrogen) atoms. The first-order valence-corrected chi connectivity index (χ1v) is 13.9. The molecule has 0 atom stereocenters. The summed E-state index contributed by atoms with van der Waals surface area (Å²) in [7, 11) is -4.85. The Morgan fingerprint density at radius 3 is 1.18 bits per heavy atom. The van der Waals surface area contributed by atoms with Gasteiger partial charge in [-0.05, 0) is 13.8 Å². The summed E-state index contributed by atoms with van der Waals surface area (Å²) in [6, 6.07) is -0.178. The molecule has 3 aromatic rings. The maximum Gasteiger partial charge on any atom is 0.540 e. The number of ether oxygens (including phenoxy) is 1. The highest BCUT2D eigenvalue weighted by Gasteiger charge is 2.46. The fourth-order valence-corrected chi connectivity index (χ4v) is 6.03. The van der Waals surface area contributed by atoms with Gasteiger partial charge < -0.3 is 18.0 Å². The molecule has 0 aliphatic carbocycles. The second kappa shape index (κ2) is 14.8. The Morgan fingerprint density at radius 2 is 0.844 bits per heavy atom. The highest BCUT2D eigenvalue weighted by Crippen LogP contribution is 2.38. The van der Waals surface area contributed by atoms with Crippen molar-refractivity contribution in [1.82, 2.24) is 0 Å². The highest BCUT2D eigenvalue weighted by atomic mass is 28.4. The molecular formula is C25H19BF14O4Si. The van der Waals surface area contributed by atoms with E-state index in [2.05, 4.69) is 0 Å². The van der Waals surface area contributed by atoms with Crippen molar-refractivity contribution in [3.63, 3.8) is 0 Å². The largest absolute Gasteiger partial charge is 0.540 e. The Hall–Kier alpha value is -3.36. The van der Waals surface area contributed by atoms with Crippen molar-refractivity contribution in [3.8, 4) is 5.75 Å². The zero-order valence-electron chi connectivity index (χ0n) is 21.9. The minimum Gasteiger partial charge on any atom is -0.483 e. The van der Waals surface area contributed by atoms with Crippen LogP contribution in [0.4, 0.5) is 61.5 Å². The molecule has 0 radical (unpaired) electrons. The summed E-state index contributed by atoms with van der Waals surface area (Å²) in [5.74, 6) is -39.9. The van der Waals surface area contributed by atoms with Crippen LogP contribution in [-0.2, 0) is 13.3 Å². The Balaban J connectivity index is 0.00000705. The second-order valence-electron chi connectivity index (χ2n) is 8.47. The summed E-state index contributed by atoms with van der Waals surface area (Å²) >= 11 is 0. The molecule has 0 aromatic heterocycles. The van der Waals surface area contributed by atoms with Crippen molar-refractivity contribution in [2.75, 3.05) is 26.1 Å². The van der Waals surface area contributed by atoms with Gasteiger partial charge in [-0.15, -0.1) is 0 Å². The SMILES string of the molecule is B.CCO[Si](COc1c(F)c(F)cc(F)c1F)(OCC)OCC(c1c(F)c(F)c(F)c(F)c1F)c1c(F)c(F)c(F)c(F)c1F. The fraction of sp³-hybridized carbons (Fsp3) is 0.280. The number of hydrogen-bond acceptors (Lipinski definition) is 4. The topological polar surface area (TPSA) is 36.9 Å². The quantitative estimate of drug-likeness (QED) is 0.0980. The molecule has 248 valence electrons. The molecule has 0 amide bonds. The molecule has 0 fully saturated rings. The Morgan fingerprint density at radius 1 is 0.511 bits per heavy atom. The first kappa shape index (κ1) is 37.8. The van der Waals surface area contributed by atoms with E-state index < -0.39 is 139 Å². The molecule has 0 heterocycles. The van der Waals surface area contributed by atoms with E-state index in [1.54, 1.807) is 0 Å². The van der Waals surface area contributed by atoms with Crippen LogP contribution < -0.4 is 4.74 Å². The van der Waals surface area contributed by atoms with Crippen LogP contribution in [-0.4, -0.2) is 43.3 Å². The Labute approximate surface area is 247 Å². The van der Waals surface area contributed by atoms with Crippen LogP contribution in [0.2, 0.25) is 0 Å². The average Bonchev–Trinajstić information content (AvgIpc) is 2.98. The zero-order chi connectivity index (χ0) is 33.3. The third-order valence-electron chi connectivity index (χ3n) is 5.85. The van der Waals surface area contributed by atoms with Crippen molar-refractivity contribution >= 4 is 17.2 Å². The lowest BCUT2D eigenvalue weighted by Crippen LogP contribution is -2.52. The van der Waals surface area contributed by atoms with E-state index in [0.717, 1.165) is 0 Å². The Kier molecular flexibility index (Phi) is 12.5. The van der Waals surface area contributed by atoms with Crippen molar-refractivity contribution in [2.24, 2.45) is 0 Å². The molecule has 0 bridgehead atoms. The molecule has 0 aliphatic rings. The van der Waals surface area contributed by atoms with Gasteiger partial charge in [0, 0.05) is 42.9 Å². The van der Waals surface area contributed by atoms with Crippen LogP contribution in [0.3, 0.4) is 0 Å². The molecule has 0 unspecified atom stereocenters. The van der Waals surface area contributed by atoms with Gasteiger partial charge in [-0.1, -0.05) is 0 Å². The second-order valence-corrected chi connectivity index (χ2v) is 11.0. The van der Waals surface area contributed by atoms with Crippen molar-refractivity contribution in [2.45, 2.75) is 19.8 Å². The fourth-order valence-electron chi connectivity index (χ4n) is 3.91. The smallest absolute Gasteiger partial charge is 0.483 e. The average molecular weight is 688 g/mol. The van der Waals surface area contributed by atoms with Gasteiger partial charge >= 0.3 is 8.80 Å². The van der Waals surface area contributed by atoms with Gasteiger partial charge in [0.05, 0.1) is 8.41 Å². The molecule has 4 nitrogen and oxygen atoms in total.